The highest BCUT2D eigenvalue weighted by Crippen LogP contribution is 2.30. The lowest BCUT2D eigenvalue weighted by molar-refractivity contribution is 0.273. The molecule has 3 heteroatoms. The topological polar surface area (TPSA) is 20.2 Å². The van der Waals surface area contributed by atoms with Gasteiger partial charge < -0.3 is 5.11 Å². The Labute approximate surface area is 85.5 Å². The molecule has 0 amide bonds. The van der Waals surface area contributed by atoms with Gasteiger partial charge in [0, 0.05) is 17.0 Å². The second-order valence-corrected chi connectivity index (χ2v) is 3.96. The molecule has 0 aliphatic carbocycles. The quantitative estimate of drug-likeness (QED) is 0.853. The third kappa shape index (κ3) is 2.00. The normalized spacial score (nSPS) is 13.0. The van der Waals surface area contributed by atoms with Crippen LogP contribution < -0.4 is 0 Å². The van der Waals surface area contributed by atoms with Gasteiger partial charge in [-0.05, 0) is 27.6 Å². The summed E-state index contributed by atoms with van der Waals surface area (Å²) >= 11 is 9.34. The van der Waals surface area contributed by atoms with Crippen LogP contribution in [0.3, 0.4) is 0 Å². The first-order chi connectivity index (χ1) is 5.66. The third-order valence-electron chi connectivity index (χ3n) is 1.79. The van der Waals surface area contributed by atoms with Crippen LogP contribution in [0, 0.1) is 0 Å². The Balaban J connectivity index is 3.07. The number of aliphatic hydroxyl groups excluding tert-OH is 1. The number of hydrogen-bond donors (Lipinski definition) is 1. The van der Waals surface area contributed by atoms with Gasteiger partial charge in [-0.3, -0.25) is 0 Å². The molecule has 1 unspecified atom stereocenters. The molecule has 0 aliphatic heterocycles. The molecule has 1 N–H and O–H groups in total. The van der Waals surface area contributed by atoms with Gasteiger partial charge in [0.2, 0.25) is 0 Å². The minimum atomic E-state index is 0.0926. The van der Waals surface area contributed by atoms with E-state index >= 15 is 0 Å². The molecule has 0 saturated carbocycles. The number of halogens is 2. The van der Waals surface area contributed by atoms with Crippen LogP contribution in [0.15, 0.2) is 22.7 Å². The van der Waals surface area contributed by atoms with Crippen LogP contribution in [0.25, 0.3) is 0 Å². The van der Waals surface area contributed by atoms with E-state index in [2.05, 4.69) is 15.9 Å². The summed E-state index contributed by atoms with van der Waals surface area (Å²) in [4.78, 5) is 0. The molecule has 1 atom stereocenters. The van der Waals surface area contributed by atoms with E-state index in [0.717, 1.165) is 10.0 Å². The average Bonchev–Trinajstić information content (AvgIpc) is 2.08. The van der Waals surface area contributed by atoms with Crippen LogP contribution in [-0.4, -0.2) is 11.7 Å². The van der Waals surface area contributed by atoms with E-state index in [1.165, 1.54) is 0 Å². The summed E-state index contributed by atoms with van der Waals surface area (Å²) in [5.74, 6) is 0.0926. The maximum absolute atomic E-state index is 8.93. The Bertz CT molecular complexity index is 275. The molecule has 0 aliphatic rings. The Morgan fingerprint density at radius 3 is 2.83 bits per heavy atom. The molecule has 0 fully saturated rings. The van der Waals surface area contributed by atoms with E-state index in [9.17, 15) is 0 Å². The van der Waals surface area contributed by atoms with E-state index in [1.54, 1.807) is 0 Å². The SMILES string of the molecule is CC(CO)c1cccc(Br)c1Cl. The molecule has 1 rings (SSSR count). The van der Waals surface area contributed by atoms with Crippen molar-refractivity contribution in [3.63, 3.8) is 0 Å². The zero-order valence-corrected chi connectivity index (χ0v) is 9.06. The average molecular weight is 250 g/mol. The summed E-state index contributed by atoms with van der Waals surface area (Å²) in [5.41, 5.74) is 0.980. The van der Waals surface area contributed by atoms with Gasteiger partial charge in [0.25, 0.3) is 0 Å². The van der Waals surface area contributed by atoms with E-state index in [4.69, 9.17) is 16.7 Å². The number of aliphatic hydroxyl groups is 1. The number of benzene rings is 1. The summed E-state index contributed by atoms with van der Waals surface area (Å²) in [6.45, 7) is 2.06. The fourth-order valence-electron chi connectivity index (χ4n) is 0.999. The summed E-state index contributed by atoms with van der Waals surface area (Å²) in [7, 11) is 0. The van der Waals surface area contributed by atoms with E-state index in [-0.39, 0.29) is 12.5 Å². The fraction of sp³-hybridized carbons (Fsp3) is 0.333. The molecular weight excluding hydrogens is 239 g/mol. The summed E-state index contributed by atoms with van der Waals surface area (Å²) in [5, 5.41) is 9.62. The first-order valence-corrected chi connectivity index (χ1v) is 4.88. The van der Waals surface area contributed by atoms with E-state index < -0.39 is 0 Å². The number of hydrogen-bond acceptors (Lipinski definition) is 1. The monoisotopic (exact) mass is 248 g/mol. The van der Waals surface area contributed by atoms with Gasteiger partial charge in [0.15, 0.2) is 0 Å². The van der Waals surface area contributed by atoms with Gasteiger partial charge in [-0.15, -0.1) is 0 Å². The highest BCUT2D eigenvalue weighted by atomic mass is 79.9. The van der Waals surface area contributed by atoms with Crippen molar-refractivity contribution in [2.24, 2.45) is 0 Å². The zero-order valence-electron chi connectivity index (χ0n) is 6.72. The highest BCUT2D eigenvalue weighted by molar-refractivity contribution is 9.10. The van der Waals surface area contributed by atoms with Crippen molar-refractivity contribution in [2.45, 2.75) is 12.8 Å². The zero-order chi connectivity index (χ0) is 9.14. The largest absolute Gasteiger partial charge is 0.396 e. The van der Waals surface area contributed by atoms with Crippen molar-refractivity contribution in [3.05, 3.63) is 33.3 Å². The maximum Gasteiger partial charge on any atom is 0.0583 e. The van der Waals surface area contributed by atoms with Crippen molar-refractivity contribution in [3.8, 4) is 0 Å². The predicted molar refractivity (Wildman–Crippen MR) is 54.7 cm³/mol. The second kappa shape index (κ2) is 4.26. The molecule has 1 nitrogen and oxygen atoms in total. The van der Waals surface area contributed by atoms with Gasteiger partial charge in [0.05, 0.1) is 5.02 Å². The van der Waals surface area contributed by atoms with Crippen LogP contribution in [0.2, 0.25) is 5.02 Å². The molecule has 1 aromatic rings. The molecule has 0 heterocycles. The van der Waals surface area contributed by atoms with Gasteiger partial charge in [-0.1, -0.05) is 30.7 Å². The first kappa shape index (κ1) is 10.0. The molecular formula is C9H10BrClO. The van der Waals surface area contributed by atoms with Crippen LogP contribution in [-0.2, 0) is 0 Å². The molecule has 12 heavy (non-hydrogen) atoms. The lowest BCUT2D eigenvalue weighted by atomic mass is 10.0. The lowest BCUT2D eigenvalue weighted by Crippen LogP contribution is -1.99. The lowest BCUT2D eigenvalue weighted by Gasteiger charge is -2.10. The van der Waals surface area contributed by atoms with Crippen LogP contribution in [0.1, 0.15) is 18.4 Å². The molecule has 0 aromatic heterocycles. The summed E-state index contributed by atoms with van der Waals surface area (Å²) in [6.07, 6.45) is 0. The Kier molecular flexibility index (Phi) is 3.56. The van der Waals surface area contributed by atoms with E-state index in [1.807, 2.05) is 25.1 Å². The Morgan fingerprint density at radius 1 is 1.58 bits per heavy atom. The van der Waals surface area contributed by atoms with Crippen LogP contribution in [0.5, 0.6) is 0 Å². The molecule has 1 aromatic carbocycles. The van der Waals surface area contributed by atoms with Gasteiger partial charge >= 0.3 is 0 Å². The van der Waals surface area contributed by atoms with Crippen LogP contribution >= 0.6 is 27.5 Å². The minimum absolute atomic E-state index is 0.0926. The smallest absolute Gasteiger partial charge is 0.0583 e. The molecule has 0 bridgehead atoms. The van der Waals surface area contributed by atoms with Crippen molar-refractivity contribution < 1.29 is 5.11 Å². The maximum atomic E-state index is 8.93. The van der Waals surface area contributed by atoms with Gasteiger partial charge in [-0.2, -0.15) is 0 Å². The minimum Gasteiger partial charge on any atom is -0.396 e. The summed E-state index contributed by atoms with van der Waals surface area (Å²) in [6, 6.07) is 5.72. The van der Waals surface area contributed by atoms with Crippen molar-refractivity contribution in [2.75, 3.05) is 6.61 Å². The van der Waals surface area contributed by atoms with Crippen molar-refractivity contribution >= 4 is 27.5 Å². The molecule has 66 valence electrons. The van der Waals surface area contributed by atoms with Gasteiger partial charge in [-0.25, -0.2) is 0 Å². The van der Waals surface area contributed by atoms with Crippen LogP contribution in [0.4, 0.5) is 0 Å². The van der Waals surface area contributed by atoms with Crippen molar-refractivity contribution in [1.82, 2.24) is 0 Å². The Morgan fingerprint density at radius 2 is 2.25 bits per heavy atom. The first-order valence-electron chi connectivity index (χ1n) is 3.71. The number of rotatable bonds is 2. The molecule has 0 radical (unpaired) electrons. The van der Waals surface area contributed by atoms with Crippen molar-refractivity contribution in [1.29, 1.82) is 0 Å². The highest BCUT2D eigenvalue weighted by Gasteiger charge is 2.09. The molecule has 0 spiro atoms. The second-order valence-electron chi connectivity index (χ2n) is 2.73. The molecule has 0 saturated heterocycles. The fourth-order valence-corrected chi connectivity index (χ4v) is 1.69. The standard InChI is InChI=1S/C9H10BrClO/c1-6(5-12)7-3-2-4-8(10)9(7)11/h2-4,6,12H,5H2,1H3. The Hall–Kier alpha value is -0.0500. The van der Waals surface area contributed by atoms with E-state index in [0.29, 0.717) is 5.02 Å². The predicted octanol–water partition coefficient (Wildman–Crippen LogP) is 3.20. The summed E-state index contributed by atoms with van der Waals surface area (Å²) < 4.78 is 0.877. The third-order valence-corrected chi connectivity index (χ3v) is 3.10. The van der Waals surface area contributed by atoms with Gasteiger partial charge in [0.1, 0.15) is 0 Å².